The quantitative estimate of drug-likeness (QED) is 0.387. The van der Waals surface area contributed by atoms with Crippen LogP contribution in [0.1, 0.15) is 35.2 Å². The maximum Gasteiger partial charge on any atom is 0.270 e. The summed E-state index contributed by atoms with van der Waals surface area (Å²) in [5, 5.41) is 14.0. The van der Waals surface area contributed by atoms with Crippen molar-refractivity contribution in [1.82, 2.24) is 10.2 Å². The van der Waals surface area contributed by atoms with Gasteiger partial charge >= 0.3 is 0 Å². The molecule has 1 heterocycles. The third-order valence-corrected chi connectivity index (χ3v) is 5.82. The van der Waals surface area contributed by atoms with Crippen LogP contribution < -0.4 is 5.32 Å². The minimum atomic E-state index is -0.477. The molecule has 1 saturated heterocycles. The van der Waals surface area contributed by atoms with Gasteiger partial charge in [0.15, 0.2) is 0 Å². The van der Waals surface area contributed by atoms with Gasteiger partial charge in [-0.2, -0.15) is 0 Å². The van der Waals surface area contributed by atoms with Crippen LogP contribution in [0.25, 0.3) is 0 Å². The molecule has 1 amide bonds. The molecule has 3 rings (SSSR count). The van der Waals surface area contributed by atoms with Crippen molar-refractivity contribution in [3.05, 3.63) is 73.3 Å². The van der Waals surface area contributed by atoms with Crippen molar-refractivity contribution in [2.45, 2.75) is 31.8 Å². The molecular formula is C20H22IN3O3. The number of carbonyl (C=O) groups is 1. The molecule has 0 bridgehead atoms. The van der Waals surface area contributed by atoms with Gasteiger partial charge in [0.1, 0.15) is 0 Å². The van der Waals surface area contributed by atoms with E-state index < -0.39 is 4.92 Å². The molecule has 2 aromatic rings. The average molecular weight is 479 g/mol. The standard InChI is InChI=1S/C20H22IN3O3/c21-19-10-9-16(24(26)27)12-18(19)20(25)22-13-17-8-4-5-11-23(17)14-15-6-2-1-3-7-15/h1-3,6-7,9-10,12,17H,4-5,8,11,13-14H2,(H,22,25). The van der Waals surface area contributed by atoms with Crippen molar-refractivity contribution in [3.8, 4) is 0 Å². The minimum Gasteiger partial charge on any atom is -0.350 e. The number of rotatable bonds is 6. The van der Waals surface area contributed by atoms with Crippen LogP contribution in [-0.2, 0) is 6.54 Å². The SMILES string of the molecule is O=C(NCC1CCCCN1Cc1ccccc1)c1cc([N+](=O)[O-])ccc1I. The number of amides is 1. The molecule has 0 aliphatic carbocycles. The molecule has 7 heteroatoms. The highest BCUT2D eigenvalue weighted by Gasteiger charge is 2.24. The summed E-state index contributed by atoms with van der Waals surface area (Å²) in [7, 11) is 0. The summed E-state index contributed by atoms with van der Waals surface area (Å²) < 4.78 is 0.709. The number of nitro groups is 1. The zero-order valence-corrected chi connectivity index (χ0v) is 17.1. The first-order chi connectivity index (χ1) is 13.0. The lowest BCUT2D eigenvalue weighted by Gasteiger charge is -2.36. The minimum absolute atomic E-state index is 0.0658. The average Bonchev–Trinajstić information content (AvgIpc) is 2.68. The van der Waals surface area contributed by atoms with E-state index >= 15 is 0 Å². The molecule has 1 aliphatic rings. The van der Waals surface area contributed by atoms with E-state index in [-0.39, 0.29) is 17.6 Å². The number of piperidine rings is 1. The molecule has 1 N–H and O–H groups in total. The molecule has 27 heavy (non-hydrogen) atoms. The van der Waals surface area contributed by atoms with E-state index in [9.17, 15) is 14.9 Å². The number of nitrogens with zero attached hydrogens (tertiary/aromatic N) is 2. The summed E-state index contributed by atoms with van der Waals surface area (Å²) in [4.78, 5) is 25.5. The van der Waals surface area contributed by atoms with Crippen molar-refractivity contribution in [2.24, 2.45) is 0 Å². The molecule has 1 fully saturated rings. The van der Waals surface area contributed by atoms with E-state index in [1.165, 1.54) is 24.1 Å². The van der Waals surface area contributed by atoms with Crippen molar-refractivity contribution in [2.75, 3.05) is 13.1 Å². The van der Waals surface area contributed by atoms with Crippen molar-refractivity contribution in [1.29, 1.82) is 0 Å². The second kappa shape index (κ2) is 9.27. The summed E-state index contributed by atoms with van der Waals surface area (Å²) in [6.45, 7) is 2.43. The van der Waals surface area contributed by atoms with E-state index in [0.717, 1.165) is 25.9 Å². The van der Waals surface area contributed by atoms with Crippen LogP contribution in [0.5, 0.6) is 0 Å². The van der Waals surface area contributed by atoms with E-state index in [1.54, 1.807) is 6.07 Å². The number of hydrogen-bond donors (Lipinski definition) is 1. The van der Waals surface area contributed by atoms with Gasteiger partial charge in [0.25, 0.3) is 11.6 Å². The first kappa shape index (κ1) is 19.8. The van der Waals surface area contributed by atoms with Crippen molar-refractivity contribution < 1.29 is 9.72 Å². The lowest BCUT2D eigenvalue weighted by atomic mass is 10.0. The van der Waals surface area contributed by atoms with Gasteiger partial charge in [-0.25, -0.2) is 0 Å². The number of benzene rings is 2. The highest BCUT2D eigenvalue weighted by molar-refractivity contribution is 14.1. The fourth-order valence-corrected chi connectivity index (χ4v) is 4.00. The van der Waals surface area contributed by atoms with E-state index in [1.807, 2.05) is 40.8 Å². The van der Waals surface area contributed by atoms with E-state index in [2.05, 4.69) is 22.3 Å². The van der Waals surface area contributed by atoms with Gasteiger partial charge in [-0.1, -0.05) is 36.8 Å². The molecule has 6 nitrogen and oxygen atoms in total. The highest BCUT2D eigenvalue weighted by atomic mass is 127. The lowest BCUT2D eigenvalue weighted by Crippen LogP contribution is -2.46. The van der Waals surface area contributed by atoms with Crippen LogP contribution in [0.3, 0.4) is 0 Å². The van der Waals surface area contributed by atoms with Crippen LogP contribution >= 0.6 is 22.6 Å². The number of nitrogens with one attached hydrogen (secondary N) is 1. The topological polar surface area (TPSA) is 75.5 Å². The second-order valence-corrected chi connectivity index (χ2v) is 7.90. The summed E-state index contributed by atoms with van der Waals surface area (Å²) in [6.07, 6.45) is 3.36. The Morgan fingerprint density at radius 2 is 2.00 bits per heavy atom. The molecule has 142 valence electrons. The van der Waals surface area contributed by atoms with Gasteiger partial charge in [0.2, 0.25) is 0 Å². The number of hydrogen-bond acceptors (Lipinski definition) is 4. The Morgan fingerprint density at radius 3 is 2.74 bits per heavy atom. The Labute approximate surface area is 172 Å². The zero-order chi connectivity index (χ0) is 19.2. The van der Waals surface area contributed by atoms with Crippen LogP contribution in [0.2, 0.25) is 0 Å². The highest BCUT2D eigenvalue weighted by Crippen LogP contribution is 2.21. The van der Waals surface area contributed by atoms with Gasteiger partial charge in [0, 0.05) is 34.8 Å². The fraction of sp³-hybridized carbons (Fsp3) is 0.350. The van der Waals surface area contributed by atoms with Gasteiger partial charge < -0.3 is 5.32 Å². The molecule has 0 aromatic heterocycles. The van der Waals surface area contributed by atoms with Crippen molar-refractivity contribution >= 4 is 34.2 Å². The van der Waals surface area contributed by atoms with Gasteiger partial charge in [0.05, 0.1) is 10.5 Å². The van der Waals surface area contributed by atoms with Crippen LogP contribution in [-0.4, -0.2) is 34.9 Å². The van der Waals surface area contributed by atoms with Crippen LogP contribution in [0.4, 0.5) is 5.69 Å². The predicted molar refractivity (Wildman–Crippen MR) is 113 cm³/mol. The molecule has 1 atom stereocenters. The normalized spacial score (nSPS) is 17.4. The fourth-order valence-electron chi connectivity index (χ4n) is 3.42. The smallest absolute Gasteiger partial charge is 0.270 e. The molecule has 1 aliphatic heterocycles. The maximum absolute atomic E-state index is 12.6. The third-order valence-electron chi connectivity index (χ3n) is 4.88. The first-order valence-electron chi connectivity index (χ1n) is 9.04. The van der Waals surface area contributed by atoms with E-state index in [4.69, 9.17) is 0 Å². The maximum atomic E-state index is 12.6. The molecule has 1 unspecified atom stereocenters. The summed E-state index contributed by atoms with van der Waals surface area (Å²) in [6, 6.07) is 15.0. The van der Waals surface area contributed by atoms with Gasteiger partial charge in [-0.15, -0.1) is 0 Å². The Balaban J connectivity index is 1.64. The predicted octanol–water partition coefficient (Wildman–Crippen LogP) is 3.98. The first-order valence-corrected chi connectivity index (χ1v) is 10.1. The Kier molecular flexibility index (Phi) is 6.78. The summed E-state index contributed by atoms with van der Waals surface area (Å²) in [5.74, 6) is -0.256. The number of halogens is 1. The van der Waals surface area contributed by atoms with E-state index in [0.29, 0.717) is 15.7 Å². The Hall–Kier alpha value is -2.00. The zero-order valence-electron chi connectivity index (χ0n) is 14.9. The Morgan fingerprint density at radius 1 is 1.22 bits per heavy atom. The van der Waals surface area contributed by atoms with Crippen molar-refractivity contribution in [3.63, 3.8) is 0 Å². The number of carbonyl (C=O) groups excluding carboxylic acids is 1. The summed E-state index contributed by atoms with van der Waals surface area (Å²) in [5.41, 5.74) is 1.56. The number of likely N-dealkylation sites (tertiary alicyclic amines) is 1. The second-order valence-electron chi connectivity index (χ2n) is 6.74. The molecule has 0 spiro atoms. The lowest BCUT2D eigenvalue weighted by molar-refractivity contribution is -0.384. The Bertz CT molecular complexity index is 813. The molecule has 0 radical (unpaired) electrons. The van der Waals surface area contributed by atoms with Gasteiger partial charge in [-0.3, -0.25) is 19.8 Å². The van der Waals surface area contributed by atoms with Crippen LogP contribution in [0, 0.1) is 13.7 Å². The molecular weight excluding hydrogens is 457 g/mol. The molecule has 0 saturated carbocycles. The van der Waals surface area contributed by atoms with Gasteiger partial charge in [-0.05, 0) is 53.6 Å². The number of nitro benzene ring substituents is 1. The molecule has 2 aromatic carbocycles. The largest absolute Gasteiger partial charge is 0.350 e. The van der Waals surface area contributed by atoms with Crippen LogP contribution in [0.15, 0.2) is 48.5 Å². The number of non-ortho nitro benzene ring substituents is 1. The summed E-state index contributed by atoms with van der Waals surface area (Å²) >= 11 is 2.04. The monoisotopic (exact) mass is 479 g/mol. The third kappa shape index (κ3) is 5.26.